The molecule has 26 heavy (non-hydrogen) atoms. The highest BCUT2D eigenvalue weighted by Gasteiger charge is 2.17. The lowest BCUT2D eigenvalue weighted by molar-refractivity contribution is 0.685. The van der Waals surface area contributed by atoms with Gasteiger partial charge < -0.3 is 0 Å². The third-order valence-electron chi connectivity index (χ3n) is 4.84. The van der Waals surface area contributed by atoms with Crippen LogP contribution in [0.4, 0.5) is 17.1 Å². The van der Waals surface area contributed by atoms with E-state index in [0.29, 0.717) is 6.54 Å². The first-order valence-corrected chi connectivity index (χ1v) is 9.28. The fraction of sp³-hybridized carbons (Fsp3) is 0.273. The summed E-state index contributed by atoms with van der Waals surface area (Å²) in [6.07, 6.45) is 4.48. The second kappa shape index (κ2) is 7.56. The van der Waals surface area contributed by atoms with Gasteiger partial charge in [-0.15, -0.1) is 5.11 Å². The summed E-state index contributed by atoms with van der Waals surface area (Å²) in [4.78, 5) is 0. The molecule has 0 amide bonds. The van der Waals surface area contributed by atoms with E-state index < -0.39 is 0 Å². The van der Waals surface area contributed by atoms with Crippen molar-refractivity contribution in [3.63, 3.8) is 0 Å². The third-order valence-corrected chi connectivity index (χ3v) is 4.84. The van der Waals surface area contributed by atoms with Crippen LogP contribution in [0.25, 0.3) is 10.8 Å². The summed E-state index contributed by atoms with van der Waals surface area (Å²) in [5, 5.41) is 20.1. The molecule has 0 spiro atoms. The van der Waals surface area contributed by atoms with Crippen molar-refractivity contribution >= 4 is 27.8 Å². The molecular weight excluding hydrogens is 320 g/mol. The van der Waals surface area contributed by atoms with Crippen LogP contribution in [0.1, 0.15) is 30.9 Å². The van der Waals surface area contributed by atoms with Gasteiger partial charge in [-0.2, -0.15) is 15.3 Å². The molecule has 0 saturated heterocycles. The molecule has 4 nitrogen and oxygen atoms in total. The fourth-order valence-corrected chi connectivity index (χ4v) is 3.57. The van der Waals surface area contributed by atoms with Crippen LogP contribution in [0.15, 0.2) is 75.1 Å². The number of azo groups is 2. The van der Waals surface area contributed by atoms with Gasteiger partial charge in [0.2, 0.25) is 0 Å². The van der Waals surface area contributed by atoms with E-state index in [1.807, 2.05) is 43.3 Å². The van der Waals surface area contributed by atoms with E-state index in [1.54, 1.807) is 0 Å². The van der Waals surface area contributed by atoms with E-state index in [9.17, 15) is 0 Å². The van der Waals surface area contributed by atoms with Gasteiger partial charge in [-0.25, -0.2) is 0 Å². The normalized spacial score (nSPS) is 14.3. The Balaban J connectivity index is 1.74. The van der Waals surface area contributed by atoms with Crippen LogP contribution in [0.5, 0.6) is 0 Å². The van der Waals surface area contributed by atoms with E-state index in [4.69, 9.17) is 0 Å². The summed E-state index contributed by atoms with van der Waals surface area (Å²) in [6, 6.07) is 18.5. The van der Waals surface area contributed by atoms with Crippen LogP contribution in [-0.4, -0.2) is 6.54 Å². The fourth-order valence-electron chi connectivity index (χ4n) is 3.57. The molecule has 0 unspecified atom stereocenters. The molecule has 0 atom stereocenters. The smallest absolute Gasteiger partial charge is 0.0935 e. The predicted molar refractivity (Wildman–Crippen MR) is 106 cm³/mol. The second-order valence-electron chi connectivity index (χ2n) is 6.52. The van der Waals surface area contributed by atoms with Crippen molar-refractivity contribution in [1.29, 1.82) is 0 Å². The zero-order valence-corrected chi connectivity index (χ0v) is 15.0. The average Bonchev–Trinajstić information content (AvgIpc) is 2.71. The molecule has 3 aromatic carbocycles. The minimum atomic E-state index is 0.706. The lowest BCUT2D eigenvalue weighted by atomic mass is 9.89. The molecular formula is C22H22N4. The first-order valence-electron chi connectivity index (χ1n) is 9.28. The van der Waals surface area contributed by atoms with Crippen molar-refractivity contribution in [2.75, 3.05) is 6.54 Å². The molecule has 4 heteroatoms. The van der Waals surface area contributed by atoms with Crippen molar-refractivity contribution in [3.8, 4) is 0 Å². The van der Waals surface area contributed by atoms with Gasteiger partial charge in [-0.1, -0.05) is 36.4 Å². The minimum absolute atomic E-state index is 0.706. The van der Waals surface area contributed by atoms with Crippen LogP contribution in [0.2, 0.25) is 0 Å². The Bertz CT molecular complexity index is 983. The highest BCUT2D eigenvalue weighted by molar-refractivity contribution is 5.92. The van der Waals surface area contributed by atoms with Gasteiger partial charge in [0.25, 0.3) is 0 Å². The zero-order chi connectivity index (χ0) is 17.8. The van der Waals surface area contributed by atoms with Crippen LogP contribution in [0, 0.1) is 0 Å². The SMILES string of the molecule is CCN=Nc1ccc(N=Nc2cccc3ccccc23)c2c1CCCC2. The van der Waals surface area contributed by atoms with Gasteiger partial charge in [0.1, 0.15) is 0 Å². The van der Waals surface area contributed by atoms with Crippen molar-refractivity contribution in [3.05, 3.63) is 65.7 Å². The third kappa shape index (κ3) is 3.27. The summed E-state index contributed by atoms with van der Waals surface area (Å²) >= 11 is 0. The van der Waals surface area contributed by atoms with Gasteiger partial charge in [-0.05, 0) is 67.3 Å². The summed E-state index contributed by atoms with van der Waals surface area (Å²) in [6.45, 7) is 2.71. The molecule has 1 aliphatic carbocycles. The Kier molecular flexibility index (Phi) is 4.82. The number of rotatable bonds is 4. The summed E-state index contributed by atoms with van der Waals surface area (Å²) < 4.78 is 0. The van der Waals surface area contributed by atoms with Gasteiger partial charge in [0.15, 0.2) is 0 Å². The summed E-state index contributed by atoms with van der Waals surface area (Å²) in [7, 11) is 0. The predicted octanol–water partition coefficient (Wildman–Crippen LogP) is 7.24. The van der Waals surface area contributed by atoms with Crippen LogP contribution >= 0.6 is 0 Å². The van der Waals surface area contributed by atoms with E-state index in [1.165, 1.54) is 29.4 Å². The van der Waals surface area contributed by atoms with Gasteiger partial charge in [-0.3, -0.25) is 0 Å². The molecule has 0 radical (unpaired) electrons. The molecule has 0 aromatic heterocycles. The van der Waals surface area contributed by atoms with Crippen molar-refractivity contribution in [1.82, 2.24) is 0 Å². The standard InChI is InChI=1S/C22H22N4/c1-2-23-24-21-14-15-22(19-12-6-5-11-18(19)21)26-25-20-13-7-9-16-8-3-4-10-17(16)20/h3-4,7-10,13-15H,2,5-6,11-12H2,1H3. The summed E-state index contributed by atoms with van der Waals surface area (Å²) in [5.41, 5.74) is 5.44. The molecule has 0 fully saturated rings. The molecule has 4 rings (SSSR count). The highest BCUT2D eigenvalue weighted by atomic mass is 15.1. The number of benzene rings is 3. The van der Waals surface area contributed by atoms with Crippen molar-refractivity contribution in [2.45, 2.75) is 32.6 Å². The van der Waals surface area contributed by atoms with Crippen molar-refractivity contribution < 1.29 is 0 Å². The molecule has 130 valence electrons. The monoisotopic (exact) mass is 342 g/mol. The number of hydrogen-bond acceptors (Lipinski definition) is 4. The zero-order valence-electron chi connectivity index (χ0n) is 15.0. The molecule has 0 heterocycles. The number of hydrogen-bond donors (Lipinski definition) is 0. The number of fused-ring (bicyclic) bond motifs is 2. The van der Waals surface area contributed by atoms with Gasteiger partial charge >= 0.3 is 0 Å². The summed E-state index contributed by atoms with van der Waals surface area (Å²) in [5.74, 6) is 0. The highest BCUT2D eigenvalue weighted by Crippen LogP contribution is 2.37. The first kappa shape index (κ1) is 16.6. The Morgan fingerprint density at radius 1 is 0.692 bits per heavy atom. The Morgan fingerprint density at radius 2 is 1.35 bits per heavy atom. The Morgan fingerprint density at radius 3 is 2.12 bits per heavy atom. The topological polar surface area (TPSA) is 49.4 Å². The largest absolute Gasteiger partial charge is 0.189 e. The van der Waals surface area contributed by atoms with Crippen LogP contribution < -0.4 is 0 Å². The van der Waals surface area contributed by atoms with E-state index in [-0.39, 0.29) is 0 Å². The lowest BCUT2D eigenvalue weighted by Crippen LogP contribution is -2.03. The minimum Gasteiger partial charge on any atom is -0.189 e. The van der Waals surface area contributed by atoms with Crippen LogP contribution in [0.3, 0.4) is 0 Å². The lowest BCUT2D eigenvalue weighted by Gasteiger charge is -2.18. The Hall–Kier alpha value is -2.88. The molecule has 3 aromatic rings. The quantitative estimate of drug-likeness (QED) is 0.449. The number of nitrogens with zero attached hydrogens (tertiary/aromatic N) is 4. The van der Waals surface area contributed by atoms with Crippen molar-refractivity contribution in [2.24, 2.45) is 20.5 Å². The Labute approximate surface area is 153 Å². The average molecular weight is 342 g/mol. The van der Waals surface area contributed by atoms with E-state index in [2.05, 4.69) is 38.7 Å². The van der Waals surface area contributed by atoms with E-state index in [0.717, 1.165) is 35.3 Å². The van der Waals surface area contributed by atoms with Gasteiger partial charge in [0, 0.05) is 5.39 Å². The molecule has 1 aliphatic rings. The van der Waals surface area contributed by atoms with Gasteiger partial charge in [0.05, 0.1) is 23.6 Å². The van der Waals surface area contributed by atoms with Crippen LogP contribution in [-0.2, 0) is 12.8 Å². The maximum Gasteiger partial charge on any atom is 0.0935 e. The van der Waals surface area contributed by atoms with E-state index >= 15 is 0 Å². The second-order valence-corrected chi connectivity index (χ2v) is 6.52. The first-order chi connectivity index (χ1) is 12.9. The molecule has 0 aliphatic heterocycles. The molecule has 0 bridgehead atoms. The molecule has 0 N–H and O–H groups in total. The maximum atomic E-state index is 4.61. The maximum absolute atomic E-state index is 4.61. The molecule has 0 saturated carbocycles.